The van der Waals surface area contributed by atoms with Crippen molar-refractivity contribution in [1.29, 1.82) is 0 Å². The topological polar surface area (TPSA) is 106 Å². The SMILES string of the molecule is CC(C)(C)[Si]1(C(C)(C)C)OCc2cc(OC[C@@H](O)CNCCc3ccc(OCc4cccc(C(=O)O)c4)cc3)ccc2O1. The van der Waals surface area contributed by atoms with Gasteiger partial charge in [0.05, 0.1) is 12.2 Å². The van der Waals surface area contributed by atoms with Crippen LogP contribution in [0, 0.1) is 0 Å². The number of rotatable bonds is 12. The number of aliphatic hydroxyl groups is 1. The summed E-state index contributed by atoms with van der Waals surface area (Å²) in [5.74, 6) is 1.31. The third-order valence-electron chi connectivity index (χ3n) is 7.61. The summed E-state index contributed by atoms with van der Waals surface area (Å²) in [5.41, 5.74) is 3.15. The van der Waals surface area contributed by atoms with Crippen LogP contribution in [-0.4, -0.2) is 50.5 Å². The van der Waals surface area contributed by atoms with Crippen molar-refractivity contribution in [2.75, 3.05) is 19.7 Å². The molecule has 0 amide bonds. The fourth-order valence-electron chi connectivity index (χ4n) is 5.55. The van der Waals surface area contributed by atoms with Gasteiger partial charge in [-0.3, -0.25) is 0 Å². The zero-order valence-corrected chi connectivity index (χ0v) is 27.1. The molecule has 1 heterocycles. The molecule has 0 fully saturated rings. The summed E-state index contributed by atoms with van der Waals surface area (Å²) < 4.78 is 24.9. The van der Waals surface area contributed by atoms with Crippen LogP contribution < -0.4 is 19.2 Å². The van der Waals surface area contributed by atoms with Gasteiger partial charge in [-0.25, -0.2) is 4.79 Å². The van der Waals surface area contributed by atoms with Crippen molar-refractivity contribution >= 4 is 14.5 Å². The van der Waals surface area contributed by atoms with Crippen molar-refractivity contribution in [3.05, 3.63) is 89.0 Å². The number of aliphatic hydroxyl groups excluding tert-OH is 1. The second kappa shape index (κ2) is 13.5. The number of benzene rings is 3. The third-order valence-corrected chi connectivity index (χ3v) is 12.6. The summed E-state index contributed by atoms with van der Waals surface area (Å²) in [5, 5.41) is 22.7. The molecule has 1 aliphatic heterocycles. The van der Waals surface area contributed by atoms with Crippen molar-refractivity contribution in [1.82, 2.24) is 5.32 Å². The minimum atomic E-state index is -2.57. The lowest BCUT2D eigenvalue weighted by Gasteiger charge is -2.50. The summed E-state index contributed by atoms with van der Waals surface area (Å²) in [6, 6.07) is 20.4. The molecule has 0 radical (unpaired) electrons. The molecule has 0 saturated carbocycles. The maximum absolute atomic E-state index is 11.1. The van der Waals surface area contributed by atoms with Gasteiger partial charge in [0.15, 0.2) is 0 Å². The number of fused-ring (bicyclic) bond motifs is 1. The lowest BCUT2D eigenvalue weighted by atomic mass is 10.1. The number of aromatic carboxylic acids is 1. The first kappa shape index (κ1) is 32.5. The van der Waals surface area contributed by atoms with E-state index >= 15 is 0 Å². The summed E-state index contributed by atoms with van der Waals surface area (Å²) in [6.07, 6.45) is 0.147. The van der Waals surface area contributed by atoms with Gasteiger partial charge in [0.25, 0.3) is 0 Å². The van der Waals surface area contributed by atoms with E-state index in [9.17, 15) is 9.90 Å². The molecule has 0 bridgehead atoms. The molecule has 0 aromatic heterocycles. The summed E-state index contributed by atoms with van der Waals surface area (Å²) in [4.78, 5) is 11.1. The predicted molar refractivity (Wildman–Crippen MR) is 169 cm³/mol. The van der Waals surface area contributed by atoms with Crippen molar-refractivity contribution in [3.8, 4) is 17.2 Å². The van der Waals surface area contributed by atoms with Gasteiger partial charge in [0.1, 0.15) is 36.6 Å². The zero-order valence-electron chi connectivity index (χ0n) is 26.1. The van der Waals surface area contributed by atoms with Gasteiger partial charge >= 0.3 is 14.5 Å². The van der Waals surface area contributed by atoms with E-state index in [2.05, 4.69) is 46.9 Å². The fourth-order valence-corrected chi connectivity index (χ4v) is 10.2. The quantitative estimate of drug-likeness (QED) is 0.159. The zero-order chi connectivity index (χ0) is 31.3. The lowest BCUT2D eigenvalue weighted by Crippen LogP contribution is -2.61. The maximum atomic E-state index is 11.1. The smallest absolute Gasteiger partial charge is 0.410 e. The molecule has 8 nitrogen and oxygen atoms in total. The maximum Gasteiger partial charge on any atom is 0.410 e. The average molecular weight is 608 g/mol. The fraction of sp³-hybridized carbons (Fsp3) is 0.441. The monoisotopic (exact) mass is 607 g/mol. The minimum Gasteiger partial charge on any atom is -0.519 e. The first-order chi connectivity index (χ1) is 20.3. The van der Waals surface area contributed by atoms with Gasteiger partial charge in [-0.15, -0.1) is 0 Å². The molecule has 43 heavy (non-hydrogen) atoms. The summed E-state index contributed by atoms with van der Waals surface area (Å²) in [6.45, 7) is 15.3. The Morgan fingerprint density at radius 1 is 0.930 bits per heavy atom. The molecule has 0 spiro atoms. The molecule has 232 valence electrons. The van der Waals surface area contributed by atoms with Gasteiger partial charge in [-0.1, -0.05) is 65.8 Å². The third kappa shape index (κ3) is 8.17. The van der Waals surface area contributed by atoms with E-state index in [0.717, 1.165) is 34.6 Å². The number of carbonyl (C=O) groups is 1. The van der Waals surface area contributed by atoms with Crippen LogP contribution in [0.4, 0.5) is 0 Å². The van der Waals surface area contributed by atoms with Crippen molar-refractivity contribution in [3.63, 3.8) is 0 Å². The number of hydrogen-bond acceptors (Lipinski definition) is 7. The van der Waals surface area contributed by atoms with E-state index < -0.39 is 20.6 Å². The molecule has 0 unspecified atom stereocenters. The highest BCUT2D eigenvalue weighted by Crippen LogP contribution is 2.54. The largest absolute Gasteiger partial charge is 0.519 e. The van der Waals surface area contributed by atoms with E-state index in [-0.39, 0.29) is 22.2 Å². The van der Waals surface area contributed by atoms with Crippen LogP contribution in [0.25, 0.3) is 0 Å². The molecule has 3 aromatic carbocycles. The Kier molecular flexibility index (Phi) is 10.2. The molecule has 1 aliphatic rings. The van der Waals surface area contributed by atoms with Crippen LogP contribution in [0.5, 0.6) is 17.2 Å². The molecule has 9 heteroatoms. The van der Waals surface area contributed by atoms with Crippen molar-refractivity contribution in [2.45, 2.75) is 77.4 Å². The van der Waals surface area contributed by atoms with Gasteiger partial charge in [0.2, 0.25) is 0 Å². The number of carboxylic acid groups (broad SMARTS) is 1. The number of ether oxygens (including phenoxy) is 2. The van der Waals surface area contributed by atoms with E-state index in [1.165, 1.54) is 0 Å². The number of hydrogen-bond donors (Lipinski definition) is 3. The van der Waals surface area contributed by atoms with E-state index in [4.69, 9.17) is 23.4 Å². The van der Waals surface area contributed by atoms with Crippen LogP contribution in [0.3, 0.4) is 0 Å². The van der Waals surface area contributed by atoms with E-state index in [1.54, 1.807) is 18.2 Å². The Balaban J connectivity index is 1.17. The highest BCUT2D eigenvalue weighted by atomic mass is 28.4. The minimum absolute atomic E-state index is 0.0907. The molecule has 3 N–H and O–H groups in total. The standard InChI is InChI=1S/C34H45NO7Si/c1-33(2,3)43(34(4,5)6)41-22-27-19-30(14-15-31(27)42-43)40-23-28(36)20-35-17-16-24-10-12-29(13-11-24)39-21-25-8-7-9-26(18-25)32(37)38/h7-15,18-19,28,35-36H,16-17,20-23H2,1-6H3,(H,37,38)/t28-/m0/s1. The van der Waals surface area contributed by atoms with Gasteiger partial charge in [0, 0.05) is 22.2 Å². The molecule has 3 aromatic rings. The van der Waals surface area contributed by atoms with Crippen LogP contribution in [0.1, 0.15) is 68.6 Å². The molecular formula is C34H45NO7Si. The van der Waals surface area contributed by atoms with E-state index in [0.29, 0.717) is 32.1 Å². The van der Waals surface area contributed by atoms with Crippen LogP contribution in [-0.2, 0) is 24.1 Å². The Labute approximate surface area is 256 Å². The Bertz CT molecular complexity index is 1360. The first-order valence-electron chi connectivity index (χ1n) is 14.8. The summed E-state index contributed by atoms with van der Waals surface area (Å²) in [7, 11) is -2.57. The highest BCUT2D eigenvalue weighted by molar-refractivity contribution is 6.74. The molecule has 1 atom stereocenters. The van der Waals surface area contributed by atoms with E-state index in [1.807, 2.05) is 48.5 Å². The molecular weight excluding hydrogens is 562 g/mol. The molecule has 0 saturated heterocycles. The summed E-state index contributed by atoms with van der Waals surface area (Å²) >= 11 is 0. The highest BCUT2D eigenvalue weighted by Gasteiger charge is 2.61. The van der Waals surface area contributed by atoms with Crippen LogP contribution >= 0.6 is 0 Å². The van der Waals surface area contributed by atoms with Gasteiger partial charge < -0.3 is 33.9 Å². The van der Waals surface area contributed by atoms with Crippen LogP contribution in [0.15, 0.2) is 66.7 Å². The first-order valence-corrected chi connectivity index (χ1v) is 16.6. The van der Waals surface area contributed by atoms with Crippen molar-refractivity contribution in [2.24, 2.45) is 0 Å². The Hall–Kier alpha value is -3.37. The lowest BCUT2D eigenvalue weighted by molar-refractivity contribution is 0.0696. The number of carboxylic acids is 1. The Morgan fingerprint density at radius 2 is 1.63 bits per heavy atom. The Morgan fingerprint density at radius 3 is 2.30 bits per heavy atom. The van der Waals surface area contributed by atoms with Crippen LogP contribution in [0.2, 0.25) is 10.1 Å². The molecule has 0 aliphatic carbocycles. The second-order valence-corrected chi connectivity index (χ2v) is 17.9. The van der Waals surface area contributed by atoms with Gasteiger partial charge in [-0.2, -0.15) is 0 Å². The second-order valence-electron chi connectivity index (χ2n) is 13.1. The van der Waals surface area contributed by atoms with Gasteiger partial charge in [-0.05, 0) is 66.6 Å². The number of nitrogens with one attached hydrogen (secondary N) is 1. The normalized spacial score (nSPS) is 15.2. The predicted octanol–water partition coefficient (Wildman–Crippen LogP) is 6.49. The average Bonchev–Trinajstić information content (AvgIpc) is 2.96. The van der Waals surface area contributed by atoms with Crippen molar-refractivity contribution < 1.29 is 33.3 Å². The molecule has 4 rings (SSSR count).